The molecule has 8 aromatic carbocycles. The van der Waals surface area contributed by atoms with E-state index in [0.29, 0.717) is 0 Å². The molecule has 0 radical (unpaired) electrons. The molecule has 0 aliphatic heterocycles. The van der Waals surface area contributed by atoms with Crippen LogP contribution >= 0.6 is 0 Å². The molecule has 0 atom stereocenters. The molecule has 8 aromatic rings. The lowest BCUT2D eigenvalue weighted by atomic mass is 9.70. The molecule has 3 aliphatic carbocycles. The van der Waals surface area contributed by atoms with Crippen LogP contribution in [-0.4, -0.2) is 0 Å². The molecule has 1 N–H and O–H groups in total. The Bertz CT molecular complexity index is 2860. The monoisotopic (exact) mass is 788 g/mol. The van der Waals surface area contributed by atoms with Crippen molar-refractivity contribution in [2.45, 2.75) is 57.8 Å². The Hall–Kier alpha value is -6.90. The third-order valence-electron chi connectivity index (χ3n) is 13.5. The van der Waals surface area contributed by atoms with Crippen molar-refractivity contribution in [2.75, 3.05) is 10.2 Å². The molecule has 0 saturated carbocycles. The molecular weight excluding hydrogens is 737 g/mol. The zero-order valence-corrected chi connectivity index (χ0v) is 36.0. The van der Waals surface area contributed by atoms with Crippen LogP contribution in [0.25, 0.3) is 34.4 Å². The minimum atomic E-state index is -0.262. The van der Waals surface area contributed by atoms with Crippen molar-refractivity contribution in [1.82, 2.24) is 0 Å². The maximum atomic E-state index is 3.30. The molecule has 0 heterocycles. The van der Waals surface area contributed by atoms with Gasteiger partial charge in [-0.3, -0.25) is 0 Å². The van der Waals surface area contributed by atoms with Gasteiger partial charge in [-0.05, 0) is 116 Å². The second-order valence-electron chi connectivity index (χ2n) is 18.2. The smallest absolute Gasteiger partial charge is 0.0546 e. The Balaban J connectivity index is 0.000000293. The molecule has 298 valence electrons. The number of benzene rings is 8. The molecule has 0 aromatic heterocycles. The van der Waals surface area contributed by atoms with Gasteiger partial charge in [0.2, 0.25) is 0 Å². The van der Waals surface area contributed by atoms with Gasteiger partial charge in [0, 0.05) is 44.6 Å². The summed E-state index contributed by atoms with van der Waals surface area (Å²) in [6.45, 7) is 14.5. The second kappa shape index (κ2) is 14.7. The quantitative estimate of drug-likeness (QED) is 0.187. The van der Waals surface area contributed by atoms with Crippen molar-refractivity contribution >= 4 is 40.6 Å². The van der Waals surface area contributed by atoms with Gasteiger partial charge in [0.05, 0.1) is 5.69 Å². The maximum absolute atomic E-state index is 3.30. The standard InChI is InChI=1S/C47H41N.C12H11N/c1-45(2)39-28-27-33-32-21-13-15-23-37(32)46(3,4)43(33)35(39)25-26-36-40(45)29-41(42-34-22-14-16-24-38(34)47(5,6)44(36)42)48(30-17-9-7-10-18-30)31-19-11-8-12-20-31;1-3-7-11(8-4-1)13-12-9-5-2-6-10-12/h7-29H,1-6H3;1-10,13H. The van der Waals surface area contributed by atoms with Crippen LogP contribution in [0, 0.1) is 0 Å². The van der Waals surface area contributed by atoms with Gasteiger partial charge in [0.15, 0.2) is 0 Å². The fourth-order valence-electron chi connectivity index (χ4n) is 10.6. The molecule has 3 aliphatic rings. The highest BCUT2D eigenvalue weighted by Gasteiger charge is 2.45. The summed E-state index contributed by atoms with van der Waals surface area (Å²) in [5.41, 5.74) is 21.9. The summed E-state index contributed by atoms with van der Waals surface area (Å²) in [4.78, 5) is 2.48. The Labute approximate surface area is 361 Å². The molecule has 0 unspecified atom stereocenters. The lowest BCUT2D eigenvalue weighted by molar-refractivity contribution is 0.616. The van der Waals surface area contributed by atoms with Gasteiger partial charge in [-0.1, -0.05) is 187 Å². The zero-order chi connectivity index (χ0) is 41.9. The highest BCUT2D eigenvalue weighted by molar-refractivity contribution is 6.00. The van der Waals surface area contributed by atoms with E-state index in [9.17, 15) is 0 Å². The van der Waals surface area contributed by atoms with Gasteiger partial charge in [0.1, 0.15) is 0 Å². The molecule has 11 rings (SSSR count). The first kappa shape index (κ1) is 38.3. The minimum Gasteiger partial charge on any atom is -0.356 e. The SMILES string of the molecule is CC1(C)c2ccc3c(c2C=Cc2c1cc(N(c1ccccc1)c1ccccc1)c1c2C(C)(C)c2ccccc2-1)C(C)(C)c1ccccc1-3.c1ccc(Nc2ccccc2)cc1. The van der Waals surface area contributed by atoms with E-state index in [4.69, 9.17) is 0 Å². The van der Waals surface area contributed by atoms with E-state index >= 15 is 0 Å². The van der Waals surface area contributed by atoms with E-state index in [0.717, 1.165) is 22.7 Å². The number of anilines is 5. The Morgan fingerprint density at radius 1 is 0.361 bits per heavy atom. The molecule has 2 heteroatoms. The largest absolute Gasteiger partial charge is 0.356 e. The molecule has 0 amide bonds. The van der Waals surface area contributed by atoms with Gasteiger partial charge in [-0.25, -0.2) is 0 Å². The van der Waals surface area contributed by atoms with Crippen molar-refractivity contribution in [3.63, 3.8) is 0 Å². The van der Waals surface area contributed by atoms with Gasteiger partial charge < -0.3 is 10.2 Å². The van der Waals surface area contributed by atoms with Crippen LogP contribution in [0.4, 0.5) is 28.4 Å². The Morgan fingerprint density at radius 2 is 0.803 bits per heavy atom. The van der Waals surface area contributed by atoms with Crippen LogP contribution in [0.3, 0.4) is 0 Å². The minimum absolute atomic E-state index is 0.0890. The van der Waals surface area contributed by atoms with Crippen molar-refractivity contribution in [3.05, 3.63) is 233 Å². The molecule has 0 bridgehead atoms. The first-order chi connectivity index (χ1) is 29.6. The summed E-state index contributed by atoms with van der Waals surface area (Å²) in [7, 11) is 0. The van der Waals surface area contributed by atoms with E-state index in [2.05, 4.69) is 191 Å². The summed E-state index contributed by atoms with van der Waals surface area (Å²) in [6, 6.07) is 67.5. The van der Waals surface area contributed by atoms with E-state index < -0.39 is 0 Å². The summed E-state index contributed by atoms with van der Waals surface area (Å²) in [5, 5.41) is 3.30. The van der Waals surface area contributed by atoms with Gasteiger partial charge in [0.25, 0.3) is 0 Å². The average molecular weight is 789 g/mol. The highest BCUT2D eigenvalue weighted by atomic mass is 15.1. The van der Waals surface area contributed by atoms with Crippen molar-refractivity contribution < 1.29 is 0 Å². The summed E-state index contributed by atoms with van der Waals surface area (Å²) >= 11 is 0. The number of para-hydroxylation sites is 4. The first-order valence-corrected chi connectivity index (χ1v) is 21.6. The summed E-state index contributed by atoms with van der Waals surface area (Å²) in [5.74, 6) is 0. The normalized spacial score (nSPS) is 15.0. The topological polar surface area (TPSA) is 15.3 Å². The van der Waals surface area contributed by atoms with Crippen LogP contribution in [0.15, 0.2) is 188 Å². The predicted molar refractivity (Wildman–Crippen MR) is 260 cm³/mol. The van der Waals surface area contributed by atoms with Crippen molar-refractivity contribution in [3.8, 4) is 22.3 Å². The van der Waals surface area contributed by atoms with Crippen LogP contribution < -0.4 is 10.2 Å². The lowest BCUT2D eigenvalue weighted by Crippen LogP contribution is -2.26. The van der Waals surface area contributed by atoms with E-state index in [1.165, 1.54) is 72.4 Å². The number of hydrogen-bond donors (Lipinski definition) is 1. The van der Waals surface area contributed by atoms with E-state index in [-0.39, 0.29) is 16.2 Å². The zero-order valence-electron chi connectivity index (χ0n) is 36.0. The number of nitrogens with one attached hydrogen (secondary N) is 1. The first-order valence-electron chi connectivity index (χ1n) is 21.6. The van der Waals surface area contributed by atoms with Gasteiger partial charge >= 0.3 is 0 Å². The molecular formula is C59H52N2. The molecule has 2 nitrogen and oxygen atoms in total. The van der Waals surface area contributed by atoms with Gasteiger partial charge in [-0.2, -0.15) is 0 Å². The molecule has 61 heavy (non-hydrogen) atoms. The van der Waals surface area contributed by atoms with Crippen LogP contribution in [-0.2, 0) is 16.2 Å². The molecule has 0 spiro atoms. The summed E-state index contributed by atoms with van der Waals surface area (Å²) in [6.07, 6.45) is 4.93. The van der Waals surface area contributed by atoms with E-state index in [1.807, 2.05) is 60.7 Å². The molecule has 0 saturated heterocycles. The fourth-order valence-corrected chi connectivity index (χ4v) is 10.6. The third kappa shape index (κ3) is 6.24. The number of nitrogens with zero attached hydrogens (tertiary/aromatic N) is 1. The van der Waals surface area contributed by atoms with Crippen LogP contribution in [0.2, 0.25) is 0 Å². The maximum Gasteiger partial charge on any atom is 0.0546 e. The van der Waals surface area contributed by atoms with Crippen molar-refractivity contribution in [2.24, 2.45) is 0 Å². The number of hydrogen-bond acceptors (Lipinski definition) is 2. The Kier molecular flexibility index (Phi) is 9.22. The average Bonchev–Trinajstić information content (AvgIpc) is 3.63. The van der Waals surface area contributed by atoms with Crippen LogP contribution in [0.1, 0.15) is 86.1 Å². The lowest BCUT2D eigenvalue weighted by Gasteiger charge is -2.36. The highest BCUT2D eigenvalue weighted by Crippen LogP contribution is 2.60. The van der Waals surface area contributed by atoms with Gasteiger partial charge in [-0.15, -0.1) is 0 Å². The third-order valence-corrected chi connectivity index (χ3v) is 13.5. The summed E-state index contributed by atoms with van der Waals surface area (Å²) < 4.78 is 0. The second-order valence-corrected chi connectivity index (χ2v) is 18.2. The van der Waals surface area contributed by atoms with E-state index in [1.54, 1.807) is 0 Å². The van der Waals surface area contributed by atoms with Crippen molar-refractivity contribution in [1.29, 1.82) is 0 Å². The number of rotatable bonds is 5. The predicted octanol–water partition coefficient (Wildman–Crippen LogP) is 16.0. The Morgan fingerprint density at radius 3 is 1.36 bits per heavy atom. The van der Waals surface area contributed by atoms with Crippen LogP contribution in [0.5, 0.6) is 0 Å². The fraction of sp³-hybridized carbons (Fsp3) is 0.153. The number of fused-ring (bicyclic) bond motifs is 10. The molecule has 0 fully saturated rings.